The van der Waals surface area contributed by atoms with Crippen LogP contribution in [0.15, 0.2) is 18.3 Å². The summed E-state index contributed by atoms with van der Waals surface area (Å²) in [5.74, 6) is 0.985. The highest BCUT2D eigenvalue weighted by Crippen LogP contribution is 2.27. The predicted octanol–water partition coefficient (Wildman–Crippen LogP) is 1.65. The van der Waals surface area contributed by atoms with Crippen LogP contribution in [0, 0.1) is 5.92 Å². The van der Waals surface area contributed by atoms with Crippen LogP contribution in [0.25, 0.3) is 0 Å². The zero-order valence-electron chi connectivity index (χ0n) is 11.5. The molecular formula is C14H21ClN4O. The largest absolute Gasteiger partial charge is 0.368 e. The normalized spacial score (nSPS) is 18.9. The first-order chi connectivity index (χ1) is 9.33. The van der Waals surface area contributed by atoms with E-state index in [4.69, 9.17) is 0 Å². The smallest absolute Gasteiger partial charge is 0.228 e. The van der Waals surface area contributed by atoms with Gasteiger partial charge in [-0.3, -0.25) is 4.79 Å². The van der Waals surface area contributed by atoms with Crippen LogP contribution in [0.2, 0.25) is 0 Å². The van der Waals surface area contributed by atoms with E-state index >= 15 is 0 Å². The highest BCUT2D eigenvalue weighted by Gasteiger charge is 2.25. The standard InChI is InChI=1S/C14H20N4O.ClH/c19-14(11-2-1-3-11)17-13-5-4-12(10-16-13)18-8-6-15-7-9-18;/h4-5,10-11,15H,1-3,6-9H2,(H,16,17,19);1H. The molecule has 20 heavy (non-hydrogen) atoms. The van der Waals surface area contributed by atoms with E-state index in [2.05, 4.69) is 20.5 Å². The van der Waals surface area contributed by atoms with Crippen molar-refractivity contribution in [2.45, 2.75) is 19.3 Å². The molecule has 0 spiro atoms. The second-order valence-electron chi connectivity index (χ2n) is 5.26. The molecule has 2 heterocycles. The van der Waals surface area contributed by atoms with Crippen LogP contribution >= 0.6 is 12.4 Å². The minimum absolute atomic E-state index is 0. The van der Waals surface area contributed by atoms with Crippen molar-refractivity contribution in [3.8, 4) is 0 Å². The number of nitrogens with one attached hydrogen (secondary N) is 2. The lowest BCUT2D eigenvalue weighted by Gasteiger charge is -2.29. The van der Waals surface area contributed by atoms with Gasteiger partial charge in [-0.1, -0.05) is 6.42 Å². The van der Waals surface area contributed by atoms with Crippen LogP contribution in [-0.4, -0.2) is 37.1 Å². The number of hydrogen-bond acceptors (Lipinski definition) is 4. The lowest BCUT2D eigenvalue weighted by Crippen LogP contribution is -2.43. The van der Waals surface area contributed by atoms with E-state index in [0.29, 0.717) is 5.82 Å². The quantitative estimate of drug-likeness (QED) is 0.890. The molecule has 0 atom stereocenters. The van der Waals surface area contributed by atoms with Crippen molar-refractivity contribution in [1.82, 2.24) is 10.3 Å². The van der Waals surface area contributed by atoms with E-state index in [0.717, 1.165) is 44.7 Å². The molecule has 1 saturated heterocycles. The Morgan fingerprint density at radius 1 is 1.30 bits per heavy atom. The number of hydrogen-bond donors (Lipinski definition) is 2. The molecule has 2 fully saturated rings. The van der Waals surface area contributed by atoms with E-state index in [1.807, 2.05) is 18.3 Å². The Bertz CT molecular complexity index is 441. The van der Waals surface area contributed by atoms with Crippen molar-refractivity contribution in [3.63, 3.8) is 0 Å². The number of carbonyl (C=O) groups excluding carboxylic acids is 1. The Kier molecular flexibility index (Phi) is 5.20. The Labute approximate surface area is 125 Å². The molecule has 0 radical (unpaired) electrons. The van der Waals surface area contributed by atoms with Crippen LogP contribution in [0.1, 0.15) is 19.3 Å². The number of rotatable bonds is 3. The van der Waals surface area contributed by atoms with Gasteiger partial charge in [0.15, 0.2) is 0 Å². The third kappa shape index (κ3) is 3.41. The average Bonchev–Trinajstić information content (AvgIpc) is 2.38. The number of piperazine rings is 1. The summed E-state index contributed by atoms with van der Waals surface area (Å²) >= 11 is 0. The molecule has 1 aliphatic heterocycles. The van der Waals surface area contributed by atoms with Crippen molar-refractivity contribution in [3.05, 3.63) is 18.3 Å². The van der Waals surface area contributed by atoms with Crippen LogP contribution in [0.4, 0.5) is 11.5 Å². The predicted molar refractivity (Wildman–Crippen MR) is 82.5 cm³/mol. The lowest BCUT2D eigenvalue weighted by molar-refractivity contribution is -0.122. The first kappa shape index (κ1) is 15.1. The average molecular weight is 297 g/mol. The van der Waals surface area contributed by atoms with Gasteiger partial charge in [0.05, 0.1) is 11.9 Å². The fourth-order valence-electron chi connectivity index (χ4n) is 2.47. The lowest BCUT2D eigenvalue weighted by atomic mass is 9.85. The molecule has 1 aromatic heterocycles. The number of carbonyl (C=O) groups is 1. The maximum atomic E-state index is 11.8. The summed E-state index contributed by atoms with van der Waals surface area (Å²) in [6.45, 7) is 4.05. The number of pyridine rings is 1. The second kappa shape index (κ2) is 6.90. The van der Waals surface area contributed by atoms with Crippen molar-refractivity contribution >= 4 is 29.8 Å². The molecule has 2 N–H and O–H groups in total. The molecule has 1 aromatic rings. The fraction of sp³-hybridized carbons (Fsp3) is 0.571. The molecule has 1 aliphatic carbocycles. The minimum atomic E-state index is 0. The van der Waals surface area contributed by atoms with Crippen molar-refractivity contribution in [2.75, 3.05) is 36.4 Å². The third-order valence-corrected chi connectivity index (χ3v) is 3.96. The van der Waals surface area contributed by atoms with E-state index in [-0.39, 0.29) is 24.2 Å². The maximum Gasteiger partial charge on any atom is 0.228 e. The number of halogens is 1. The van der Waals surface area contributed by atoms with E-state index < -0.39 is 0 Å². The maximum absolute atomic E-state index is 11.8. The summed E-state index contributed by atoms with van der Waals surface area (Å²) in [4.78, 5) is 18.5. The van der Waals surface area contributed by atoms with Gasteiger partial charge >= 0.3 is 0 Å². The molecule has 0 bridgehead atoms. The second-order valence-corrected chi connectivity index (χ2v) is 5.26. The number of amides is 1. The summed E-state index contributed by atoms with van der Waals surface area (Å²) in [6, 6.07) is 3.93. The Balaban J connectivity index is 0.00000147. The SMILES string of the molecule is Cl.O=C(Nc1ccc(N2CCNCC2)cn1)C1CCC1. The molecule has 1 amide bonds. The molecule has 110 valence electrons. The van der Waals surface area contributed by atoms with E-state index in [1.165, 1.54) is 6.42 Å². The summed E-state index contributed by atoms with van der Waals surface area (Å²) in [6.07, 6.45) is 5.06. The van der Waals surface area contributed by atoms with Crippen LogP contribution in [0.3, 0.4) is 0 Å². The summed E-state index contributed by atoms with van der Waals surface area (Å²) in [5.41, 5.74) is 1.13. The zero-order valence-corrected chi connectivity index (χ0v) is 12.3. The minimum Gasteiger partial charge on any atom is -0.368 e. The van der Waals surface area contributed by atoms with Gasteiger partial charge in [0.25, 0.3) is 0 Å². The van der Waals surface area contributed by atoms with Gasteiger partial charge in [-0.15, -0.1) is 12.4 Å². The molecule has 1 saturated carbocycles. The monoisotopic (exact) mass is 296 g/mol. The zero-order chi connectivity index (χ0) is 13.1. The first-order valence-electron chi connectivity index (χ1n) is 7.05. The topological polar surface area (TPSA) is 57.3 Å². The van der Waals surface area contributed by atoms with Crippen LogP contribution in [-0.2, 0) is 4.79 Å². The van der Waals surface area contributed by atoms with Crippen LogP contribution in [0.5, 0.6) is 0 Å². The van der Waals surface area contributed by atoms with Crippen molar-refractivity contribution in [1.29, 1.82) is 0 Å². The number of aromatic nitrogens is 1. The molecule has 0 aromatic carbocycles. The highest BCUT2D eigenvalue weighted by atomic mass is 35.5. The number of nitrogens with zero attached hydrogens (tertiary/aromatic N) is 2. The van der Waals surface area contributed by atoms with Gasteiger partial charge in [0.2, 0.25) is 5.91 Å². The molecule has 5 nitrogen and oxygen atoms in total. The molecule has 2 aliphatic rings. The molecule has 6 heteroatoms. The van der Waals surface area contributed by atoms with Gasteiger partial charge in [0, 0.05) is 32.1 Å². The Morgan fingerprint density at radius 3 is 2.60 bits per heavy atom. The van der Waals surface area contributed by atoms with Crippen molar-refractivity contribution < 1.29 is 4.79 Å². The van der Waals surface area contributed by atoms with E-state index in [9.17, 15) is 4.79 Å². The Morgan fingerprint density at radius 2 is 2.05 bits per heavy atom. The molecule has 3 rings (SSSR count). The Hall–Kier alpha value is -1.33. The molecular weight excluding hydrogens is 276 g/mol. The summed E-state index contributed by atoms with van der Waals surface area (Å²) in [7, 11) is 0. The highest BCUT2D eigenvalue weighted by molar-refractivity contribution is 5.92. The van der Waals surface area contributed by atoms with Gasteiger partial charge in [-0.2, -0.15) is 0 Å². The van der Waals surface area contributed by atoms with Crippen LogP contribution < -0.4 is 15.5 Å². The summed E-state index contributed by atoms with van der Waals surface area (Å²) in [5, 5.41) is 6.22. The van der Waals surface area contributed by atoms with Gasteiger partial charge in [-0.05, 0) is 25.0 Å². The van der Waals surface area contributed by atoms with Gasteiger partial charge < -0.3 is 15.5 Å². The summed E-state index contributed by atoms with van der Waals surface area (Å²) < 4.78 is 0. The molecule has 0 unspecified atom stereocenters. The van der Waals surface area contributed by atoms with Gasteiger partial charge in [0.1, 0.15) is 5.82 Å². The van der Waals surface area contributed by atoms with Crippen molar-refractivity contribution in [2.24, 2.45) is 5.92 Å². The number of anilines is 2. The van der Waals surface area contributed by atoms with Gasteiger partial charge in [-0.25, -0.2) is 4.98 Å². The van der Waals surface area contributed by atoms with E-state index in [1.54, 1.807) is 0 Å². The third-order valence-electron chi connectivity index (χ3n) is 3.96. The fourth-order valence-corrected chi connectivity index (χ4v) is 2.47. The first-order valence-corrected chi connectivity index (χ1v) is 7.05.